The number of ether oxygens (including phenoxy) is 6. The van der Waals surface area contributed by atoms with E-state index in [1.165, 1.54) is 6.92 Å². The highest BCUT2D eigenvalue weighted by Crippen LogP contribution is 2.13. The molecule has 0 aliphatic heterocycles. The van der Waals surface area contributed by atoms with Gasteiger partial charge in [-0.2, -0.15) is 0 Å². The van der Waals surface area contributed by atoms with Crippen molar-refractivity contribution in [3.05, 3.63) is 0 Å². The zero-order chi connectivity index (χ0) is 26.6. The maximum atomic E-state index is 11.3. The van der Waals surface area contributed by atoms with Gasteiger partial charge in [-0.1, -0.05) is 6.92 Å². The minimum atomic E-state index is -1.60. The van der Waals surface area contributed by atoms with E-state index in [1.807, 2.05) is 0 Å². The number of rotatable bonds is 23. The average molecular weight is 518 g/mol. The molecule has 0 saturated heterocycles. The number of hydrogen-bond acceptors (Lipinski definition) is 14. The zero-order valence-corrected chi connectivity index (χ0v) is 19.9. The molecule has 0 saturated carbocycles. The molecule has 15 heteroatoms. The minimum absolute atomic E-state index is 0.0312. The van der Waals surface area contributed by atoms with Crippen molar-refractivity contribution in [3.8, 4) is 0 Å². The van der Waals surface area contributed by atoms with Crippen molar-refractivity contribution in [3.63, 3.8) is 0 Å². The van der Waals surface area contributed by atoms with Gasteiger partial charge in [-0.15, -0.1) is 0 Å². The number of carbonyl (C=O) groups excluding carboxylic acids is 2. The maximum absolute atomic E-state index is 11.3. The quantitative estimate of drug-likeness (QED) is 0.0392. The average Bonchev–Trinajstić information content (AvgIpc) is 2.84. The molecular formula is C20H39NO14. The molecule has 1 amide bonds. The number of amides is 1. The normalized spacial score (nSPS) is 17.6. The molecule has 35 heavy (non-hydrogen) atoms. The molecule has 0 bridgehead atoms. The molecule has 0 aromatic heterocycles. The van der Waals surface area contributed by atoms with Crippen LogP contribution in [0.4, 0.5) is 0 Å². The summed E-state index contributed by atoms with van der Waals surface area (Å²) in [7, 11) is 0. The van der Waals surface area contributed by atoms with E-state index in [4.69, 9.17) is 33.9 Å². The van der Waals surface area contributed by atoms with E-state index in [9.17, 15) is 30.0 Å². The lowest BCUT2D eigenvalue weighted by molar-refractivity contribution is -0.307. The third kappa shape index (κ3) is 15.3. The van der Waals surface area contributed by atoms with Gasteiger partial charge in [0, 0.05) is 6.92 Å². The van der Waals surface area contributed by atoms with Gasteiger partial charge in [-0.05, 0) is 6.42 Å². The molecule has 7 unspecified atom stereocenters. The molecule has 208 valence electrons. The Balaban J connectivity index is 4.59. The molecule has 0 aromatic rings. The predicted molar refractivity (Wildman–Crippen MR) is 115 cm³/mol. The number of aliphatic hydroxyl groups is 6. The summed E-state index contributed by atoms with van der Waals surface area (Å²) in [5, 5.41) is 59.4. The first-order valence-corrected chi connectivity index (χ1v) is 11.0. The van der Waals surface area contributed by atoms with Crippen LogP contribution >= 0.6 is 0 Å². The van der Waals surface area contributed by atoms with Gasteiger partial charge in [0.25, 0.3) is 6.47 Å². The Morgan fingerprint density at radius 2 is 1.69 bits per heavy atom. The van der Waals surface area contributed by atoms with Gasteiger partial charge >= 0.3 is 6.48 Å². The number of nitrogens with one attached hydrogen (secondary N) is 1. The highest BCUT2D eigenvalue weighted by molar-refractivity contribution is 5.73. The van der Waals surface area contributed by atoms with Crippen LogP contribution in [0.3, 0.4) is 0 Å². The van der Waals surface area contributed by atoms with Gasteiger partial charge in [-0.3, -0.25) is 9.59 Å². The van der Waals surface area contributed by atoms with Crippen LogP contribution in [0.5, 0.6) is 0 Å². The van der Waals surface area contributed by atoms with Crippen LogP contribution in [-0.4, -0.2) is 139 Å². The Morgan fingerprint density at radius 3 is 2.23 bits per heavy atom. The Labute approximate surface area is 203 Å². The van der Waals surface area contributed by atoms with Crippen LogP contribution in [0.2, 0.25) is 0 Å². The van der Waals surface area contributed by atoms with E-state index < -0.39 is 62.2 Å². The Morgan fingerprint density at radius 1 is 0.971 bits per heavy atom. The van der Waals surface area contributed by atoms with Gasteiger partial charge in [0.15, 0.2) is 0 Å². The molecule has 0 radical (unpaired) electrons. The third-order valence-corrected chi connectivity index (χ3v) is 4.50. The Bertz CT molecular complexity index is 542. The second-order valence-corrected chi connectivity index (χ2v) is 7.31. The van der Waals surface area contributed by atoms with Gasteiger partial charge < -0.3 is 64.4 Å². The van der Waals surface area contributed by atoms with E-state index in [2.05, 4.69) is 10.1 Å². The zero-order valence-electron chi connectivity index (χ0n) is 19.9. The van der Waals surface area contributed by atoms with Crippen LogP contribution in [0.25, 0.3) is 0 Å². The second-order valence-electron chi connectivity index (χ2n) is 7.31. The first-order chi connectivity index (χ1) is 16.7. The fraction of sp³-hybridized carbons (Fsp3) is 0.900. The standard InChI is InChI=1S/C20H39NO14/c1-3-18(19(29)16(27)7-24)35-20(33-11-25)32-8-14(6-23)34-12-31-10-17(28)15(21-13(2)26)9-30-5-4-22/h11,14-20,22-24,27-29H,3-10,12H2,1-2H3,(H,21,26). The fourth-order valence-electron chi connectivity index (χ4n) is 2.63. The first kappa shape index (κ1) is 33.5. The van der Waals surface area contributed by atoms with Gasteiger partial charge in [0.05, 0.1) is 64.5 Å². The molecule has 0 aliphatic rings. The molecule has 0 aromatic carbocycles. The van der Waals surface area contributed by atoms with E-state index in [0.717, 1.165) is 0 Å². The number of aliphatic hydroxyl groups excluding tert-OH is 6. The van der Waals surface area contributed by atoms with Gasteiger partial charge in [0.2, 0.25) is 5.91 Å². The van der Waals surface area contributed by atoms with Crippen molar-refractivity contribution < 1.29 is 68.6 Å². The van der Waals surface area contributed by atoms with Crippen LogP contribution in [0.15, 0.2) is 0 Å². The molecule has 0 heterocycles. The Hall–Kier alpha value is -1.50. The topological polar surface area (TPSA) is 223 Å². The first-order valence-electron chi connectivity index (χ1n) is 11.0. The van der Waals surface area contributed by atoms with E-state index in [0.29, 0.717) is 0 Å². The fourth-order valence-corrected chi connectivity index (χ4v) is 2.63. The minimum Gasteiger partial charge on any atom is -0.413 e. The molecule has 7 atom stereocenters. The summed E-state index contributed by atoms with van der Waals surface area (Å²) < 4.78 is 30.8. The van der Waals surface area contributed by atoms with Gasteiger partial charge in [-0.25, -0.2) is 0 Å². The number of carbonyl (C=O) groups is 2. The molecular weight excluding hydrogens is 478 g/mol. The molecule has 15 nitrogen and oxygen atoms in total. The van der Waals surface area contributed by atoms with Crippen molar-refractivity contribution in [2.75, 3.05) is 53.0 Å². The lowest BCUT2D eigenvalue weighted by Crippen LogP contribution is -2.47. The highest BCUT2D eigenvalue weighted by Gasteiger charge is 2.29. The van der Waals surface area contributed by atoms with Crippen molar-refractivity contribution >= 4 is 12.4 Å². The van der Waals surface area contributed by atoms with Gasteiger partial charge in [0.1, 0.15) is 25.1 Å². The van der Waals surface area contributed by atoms with Crippen LogP contribution in [-0.2, 0) is 38.0 Å². The summed E-state index contributed by atoms with van der Waals surface area (Å²) >= 11 is 0. The van der Waals surface area contributed by atoms with Crippen LogP contribution < -0.4 is 5.32 Å². The largest absolute Gasteiger partial charge is 0.413 e. The van der Waals surface area contributed by atoms with Crippen molar-refractivity contribution in [2.24, 2.45) is 0 Å². The predicted octanol–water partition coefficient (Wildman–Crippen LogP) is -3.80. The third-order valence-electron chi connectivity index (χ3n) is 4.50. The van der Waals surface area contributed by atoms with Crippen molar-refractivity contribution in [1.29, 1.82) is 0 Å². The van der Waals surface area contributed by atoms with Crippen molar-refractivity contribution in [2.45, 2.75) is 63.3 Å². The van der Waals surface area contributed by atoms with Crippen molar-refractivity contribution in [1.82, 2.24) is 5.32 Å². The summed E-state index contributed by atoms with van der Waals surface area (Å²) in [4.78, 5) is 22.0. The summed E-state index contributed by atoms with van der Waals surface area (Å²) in [6.45, 7) is -1.11. The van der Waals surface area contributed by atoms with E-state index in [-0.39, 0.29) is 52.7 Å². The summed E-state index contributed by atoms with van der Waals surface area (Å²) in [6.07, 6.45) is -5.94. The summed E-state index contributed by atoms with van der Waals surface area (Å²) in [5.41, 5.74) is 0. The maximum Gasteiger partial charge on any atom is 0.318 e. The SMILES string of the molecule is CCC(OC(OC=O)OCC(CO)OCOCC(O)C(COCCO)NC(C)=O)C(O)C(O)CO. The lowest BCUT2D eigenvalue weighted by atomic mass is 10.1. The molecule has 7 N–H and O–H groups in total. The Kier molecular flexibility index (Phi) is 19.8. The molecule has 0 fully saturated rings. The number of hydrogen-bond donors (Lipinski definition) is 7. The smallest absolute Gasteiger partial charge is 0.318 e. The lowest BCUT2D eigenvalue weighted by Gasteiger charge is -2.28. The molecule has 0 spiro atoms. The molecule has 0 rings (SSSR count). The highest BCUT2D eigenvalue weighted by atomic mass is 16.9. The second kappa shape index (κ2) is 20.7. The van der Waals surface area contributed by atoms with E-state index in [1.54, 1.807) is 6.92 Å². The summed E-state index contributed by atoms with van der Waals surface area (Å²) in [6, 6.07) is -0.791. The monoisotopic (exact) mass is 517 g/mol. The molecule has 0 aliphatic carbocycles. The van der Waals surface area contributed by atoms with Crippen LogP contribution in [0.1, 0.15) is 20.3 Å². The summed E-state index contributed by atoms with van der Waals surface area (Å²) in [5.74, 6) is -0.395. The van der Waals surface area contributed by atoms with E-state index >= 15 is 0 Å². The van der Waals surface area contributed by atoms with Crippen LogP contribution in [0, 0.1) is 0 Å².